The topological polar surface area (TPSA) is 37.6 Å². The Balaban J connectivity index is 1.99. The van der Waals surface area contributed by atoms with Crippen molar-refractivity contribution < 1.29 is 22.3 Å². The van der Waals surface area contributed by atoms with Gasteiger partial charge in [-0.05, 0) is 0 Å². The van der Waals surface area contributed by atoms with Crippen molar-refractivity contribution in [3.8, 4) is 5.75 Å². The highest BCUT2D eigenvalue weighted by Gasteiger charge is 2.42. The van der Waals surface area contributed by atoms with Crippen molar-refractivity contribution in [2.75, 3.05) is 31.1 Å². The Bertz CT molecular complexity index is 430. The van der Waals surface area contributed by atoms with Crippen molar-refractivity contribution in [1.29, 1.82) is 0 Å². The molecule has 0 radical (unpaired) electrons. The molecule has 0 amide bonds. The molecule has 2 aliphatic rings. The normalized spacial score (nSPS) is 23.9. The van der Waals surface area contributed by atoms with Gasteiger partial charge < -0.3 is 19.4 Å². The van der Waals surface area contributed by atoms with Crippen molar-refractivity contribution in [3.63, 3.8) is 0 Å². The highest BCUT2D eigenvalue weighted by molar-refractivity contribution is 5.58. The van der Waals surface area contributed by atoms with Crippen LogP contribution in [-0.4, -0.2) is 32.3 Å². The molecule has 1 fully saturated rings. The molecule has 1 aromatic heterocycles. The average molecular weight is 248 g/mol. The minimum atomic E-state index is -4.43. The molecule has 3 heterocycles. The Morgan fingerprint density at radius 1 is 1.41 bits per heavy atom. The Morgan fingerprint density at radius 2 is 2.24 bits per heavy atom. The molecule has 17 heavy (non-hydrogen) atoms. The van der Waals surface area contributed by atoms with E-state index in [2.05, 4.69) is 5.32 Å². The number of halogens is 3. The van der Waals surface area contributed by atoms with Crippen molar-refractivity contribution in [3.05, 3.63) is 11.8 Å². The van der Waals surface area contributed by atoms with E-state index in [4.69, 9.17) is 9.15 Å². The predicted molar refractivity (Wildman–Crippen MR) is 53.2 cm³/mol. The number of hydrogen-bond donors (Lipinski definition) is 1. The van der Waals surface area contributed by atoms with Crippen LogP contribution in [0.4, 0.5) is 19.1 Å². The van der Waals surface area contributed by atoms with Crippen LogP contribution in [0.3, 0.4) is 0 Å². The van der Waals surface area contributed by atoms with Crippen LogP contribution < -0.4 is 15.0 Å². The Kier molecular flexibility index (Phi) is 2.25. The maximum absolute atomic E-state index is 12.7. The summed E-state index contributed by atoms with van der Waals surface area (Å²) >= 11 is 0. The van der Waals surface area contributed by atoms with Gasteiger partial charge in [0.1, 0.15) is 18.4 Å². The van der Waals surface area contributed by atoms with Gasteiger partial charge in [-0.15, -0.1) is 0 Å². The minimum Gasteiger partial charge on any atom is -0.485 e. The molecular weight excluding hydrogens is 237 g/mol. The van der Waals surface area contributed by atoms with Crippen molar-refractivity contribution in [1.82, 2.24) is 5.32 Å². The maximum atomic E-state index is 12.7. The van der Waals surface area contributed by atoms with E-state index >= 15 is 0 Å². The molecule has 2 aliphatic heterocycles. The number of ether oxygens (including phenoxy) is 1. The molecule has 1 unspecified atom stereocenters. The van der Waals surface area contributed by atoms with E-state index in [1.165, 1.54) is 0 Å². The van der Waals surface area contributed by atoms with Gasteiger partial charge in [-0.25, -0.2) is 0 Å². The van der Waals surface area contributed by atoms with Crippen LogP contribution in [0.15, 0.2) is 10.7 Å². The van der Waals surface area contributed by atoms with Crippen molar-refractivity contribution in [2.45, 2.75) is 12.2 Å². The maximum Gasteiger partial charge on any atom is 0.423 e. The Labute approximate surface area is 95.3 Å². The minimum absolute atomic E-state index is 0.0449. The summed E-state index contributed by atoms with van der Waals surface area (Å²) in [4.78, 5) is 1.84. The van der Waals surface area contributed by atoms with Crippen molar-refractivity contribution >= 4 is 5.88 Å². The molecule has 0 aliphatic carbocycles. The van der Waals surface area contributed by atoms with Crippen LogP contribution >= 0.6 is 0 Å². The third-order valence-electron chi connectivity index (χ3n) is 3.06. The smallest absolute Gasteiger partial charge is 0.423 e. The summed E-state index contributed by atoms with van der Waals surface area (Å²) in [5, 5.41) is 3.17. The number of anilines is 1. The molecule has 7 heteroatoms. The number of piperazine rings is 1. The summed E-state index contributed by atoms with van der Waals surface area (Å²) in [7, 11) is 0. The zero-order valence-corrected chi connectivity index (χ0v) is 8.88. The van der Waals surface area contributed by atoms with Gasteiger partial charge in [0.2, 0.25) is 5.88 Å². The quantitative estimate of drug-likeness (QED) is 0.754. The monoisotopic (exact) mass is 248 g/mol. The molecule has 0 aromatic carbocycles. The van der Waals surface area contributed by atoms with Crippen molar-refractivity contribution in [2.24, 2.45) is 0 Å². The fourth-order valence-electron chi connectivity index (χ4n) is 2.23. The second-order valence-corrected chi connectivity index (χ2v) is 4.14. The number of hydrogen-bond acceptors (Lipinski definition) is 4. The van der Waals surface area contributed by atoms with E-state index in [1.807, 2.05) is 4.90 Å². The first-order valence-corrected chi connectivity index (χ1v) is 5.36. The first-order valence-electron chi connectivity index (χ1n) is 5.36. The molecule has 1 saturated heterocycles. The predicted octanol–water partition coefficient (Wildman–Crippen LogP) is 1.47. The lowest BCUT2D eigenvalue weighted by Gasteiger charge is -2.39. The molecule has 94 valence electrons. The van der Waals surface area contributed by atoms with Crippen LogP contribution in [-0.2, 0) is 6.18 Å². The van der Waals surface area contributed by atoms with Gasteiger partial charge in [-0.1, -0.05) is 0 Å². The van der Waals surface area contributed by atoms with E-state index in [1.54, 1.807) is 0 Å². The molecule has 0 saturated carbocycles. The Morgan fingerprint density at radius 3 is 3.00 bits per heavy atom. The second kappa shape index (κ2) is 3.56. The lowest BCUT2D eigenvalue weighted by atomic mass is 10.1. The molecule has 1 aromatic rings. The number of rotatable bonds is 0. The average Bonchev–Trinajstić information content (AvgIpc) is 2.72. The van der Waals surface area contributed by atoms with Gasteiger partial charge in [0, 0.05) is 19.6 Å². The van der Waals surface area contributed by atoms with Crippen LogP contribution in [0.5, 0.6) is 5.75 Å². The SMILES string of the molecule is FC(F)(F)c1coc2c1OCC1CNCCN21. The van der Waals surface area contributed by atoms with Gasteiger partial charge in [-0.3, -0.25) is 0 Å². The summed E-state index contributed by atoms with van der Waals surface area (Å²) in [6, 6.07) is 0.0449. The summed E-state index contributed by atoms with van der Waals surface area (Å²) in [5.74, 6) is 0.0331. The van der Waals surface area contributed by atoms with Gasteiger partial charge in [-0.2, -0.15) is 13.2 Å². The molecule has 1 N–H and O–H groups in total. The van der Waals surface area contributed by atoms with Crippen LogP contribution in [0.25, 0.3) is 0 Å². The van der Waals surface area contributed by atoms with Gasteiger partial charge >= 0.3 is 6.18 Å². The molecule has 0 spiro atoms. The first kappa shape index (κ1) is 10.8. The van der Waals surface area contributed by atoms with E-state index in [0.29, 0.717) is 13.1 Å². The second-order valence-electron chi connectivity index (χ2n) is 4.14. The summed E-state index contributed by atoms with van der Waals surface area (Å²) in [5.41, 5.74) is -0.829. The highest BCUT2D eigenvalue weighted by Crippen LogP contribution is 2.46. The molecule has 0 bridgehead atoms. The fraction of sp³-hybridized carbons (Fsp3) is 0.600. The summed E-state index contributed by atoms with van der Waals surface area (Å²) < 4.78 is 48.2. The van der Waals surface area contributed by atoms with Crippen LogP contribution in [0, 0.1) is 0 Å². The largest absolute Gasteiger partial charge is 0.485 e. The molecule has 4 nitrogen and oxygen atoms in total. The third-order valence-corrected chi connectivity index (χ3v) is 3.06. The van der Waals surface area contributed by atoms with E-state index in [0.717, 1.165) is 12.8 Å². The molecule has 3 rings (SSSR count). The van der Waals surface area contributed by atoms with Crippen LogP contribution in [0.1, 0.15) is 5.56 Å². The van der Waals surface area contributed by atoms with Crippen LogP contribution in [0.2, 0.25) is 0 Å². The van der Waals surface area contributed by atoms with Gasteiger partial charge in [0.05, 0.1) is 6.04 Å². The molecule has 1 atom stereocenters. The number of fused-ring (bicyclic) bond motifs is 3. The fourth-order valence-corrected chi connectivity index (χ4v) is 2.23. The summed E-state index contributed by atoms with van der Waals surface area (Å²) in [6.07, 6.45) is -3.70. The van der Waals surface area contributed by atoms with Gasteiger partial charge in [0.25, 0.3) is 0 Å². The van der Waals surface area contributed by atoms with Gasteiger partial charge in [0.15, 0.2) is 5.75 Å². The number of alkyl halides is 3. The zero-order chi connectivity index (χ0) is 12.0. The highest BCUT2D eigenvalue weighted by atomic mass is 19.4. The summed E-state index contributed by atoms with van der Waals surface area (Å²) in [6.45, 7) is 2.31. The third kappa shape index (κ3) is 1.65. The Hall–Kier alpha value is -1.37. The number of furan rings is 1. The first-order chi connectivity index (χ1) is 8.07. The van der Waals surface area contributed by atoms with E-state index < -0.39 is 11.7 Å². The van der Waals surface area contributed by atoms with E-state index in [9.17, 15) is 13.2 Å². The zero-order valence-electron chi connectivity index (χ0n) is 8.88. The lowest BCUT2D eigenvalue weighted by Crippen LogP contribution is -2.55. The number of nitrogens with one attached hydrogen (secondary N) is 1. The molecular formula is C10H11F3N2O2. The standard InChI is InChI=1S/C10H11F3N2O2/c11-10(12,13)7-5-17-9-8(7)16-4-6-3-14-1-2-15(6)9/h5-6,14H,1-4H2. The number of nitrogens with zero attached hydrogens (tertiary/aromatic N) is 1. The lowest BCUT2D eigenvalue weighted by molar-refractivity contribution is -0.139. The van der Waals surface area contributed by atoms with E-state index in [-0.39, 0.29) is 24.3 Å².